The minimum Gasteiger partial charge on any atom is -0.311 e. The summed E-state index contributed by atoms with van der Waals surface area (Å²) in [7, 11) is 0. The van der Waals surface area contributed by atoms with Crippen molar-refractivity contribution in [2.45, 2.75) is 78.6 Å². The van der Waals surface area contributed by atoms with Crippen molar-refractivity contribution in [1.29, 1.82) is 0 Å². The van der Waals surface area contributed by atoms with E-state index in [1.165, 1.54) is 154 Å². The number of para-hydroxylation sites is 2. The Kier molecular flexibility index (Phi) is 13.1. The van der Waals surface area contributed by atoms with Crippen LogP contribution in [0.5, 0.6) is 0 Å². The van der Waals surface area contributed by atoms with Crippen molar-refractivity contribution >= 4 is 111 Å². The highest BCUT2D eigenvalue weighted by Gasteiger charge is 2.46. The Morgan fingerprint density at radius 2 is 0.670 bits per heavy atom. The molecule has 0 N–H and O–H groups in total. The molecule has 0 aliphatic carbocycles. The zero-order valence-corrected chi connectivity index (χ0v) is 55.1. The van der Waals surface area contributed by atoms with Crippen molar-refractivity contribution < 1.29 is 0 Å². The number of benzene rings is 14. The Hall–Kier alpha value is -10.7. The van der Waals surface area contributed by atoms with Gasteiger partial charge in [0.25, 0.3) is 6.71 Å². The molecular formula is C90H74BN3. The number of aromatic nitrogens is 1. The first-order valence-electron chi connectivity index (χ1n) is 33.4. The average Bonchev–Trinajstić information content (AvgIpc) is 0.766. The van der Waals surface area contributed by atoms with E-state index in [-0.39, 0.29) is 23.0 Å². The highest BCUT2D eigenvalue weighted by molar-refractivity contribution is 7.00. The fourth-order valence-electron chi connectivity index (χ4n) is 15.6. The Labute approximate surface area is 552 Å². The molecule has 94 heavy (non-hydrogen) atoms. The summed E-state index contributed by atoms with van der Waals surface area (Å²) in [5, 5.41) is 9.90. The molecule has 2 aliphatic heterocycles. The largest absolute Gasteiger partial charge is 0.311 e. The van der Waals surface area contributed by atoms with Gasteiger partial charge in [0.2, 0.25) is 0 Å². The maximum atomic E-state index is 2.68. The summed E-state index contributed by atoms with van der Waals surface area (Å²) in [6.07, 6.45) is 0. The van der Waals surface area contributed by atoms with E-state index in [2.05, 4.69) is 362 Å². The number of rotatable bonds is 7. The molecule has 0 saturated carbocycles. The lowest BCUT2D eigenvalue weighted by molar-refractivity contribution is 0.590. The number of anilines is 6. The SMILES string of the molecule is CC(C)(C)c1ccc(N2c3cc(-c4c5ccccc5c(-c5ccc6ccccc6c5)c5ccccc45)ccc3B3c4ccc(-n5c6ccccc6c6ccccc65)cc4N(c4ccc(C(C)(C)C)cc4-c4ccccc4)c4cc(C(C)(C)C)cc2c43)c(-c2ccccc2)c1. The summed E-state index contributed by atoms with van der Waals surface area (Å²) in [6.45, 7) is 21.0. The van der Waals surface area contributed by atoms with Crippen LogP contribution in [0.15, 0.2) is 285 Å². The zero-order valence-electron chi connectivity index (χ0n) is 55.1. The summed E-state index contributed by atoms with van der Waals surface area (Å²) in [6, 6.07) is 109. The van der Waals surface area contributed by atoms with E-state index >= 15 is 0 Å². The third kappa shape index (κ3) is 9.16. The van der Waals surface area contributed by atoms with E-state index in [1.807, 2.05) is 0 Å². The maximum Gasteiger partial charge on any atom is 0.252 e. The second kappa shape index (κ2) is 21.4. The highest BCUT2D eigenvalue weighted by atomic mass is 15.2. The van der Waals surface area contributed by atoms with Crippen molar-refractivity contribution in [2.75, 3.05) is 9.80 Å². The smallest absolute Gasteiger partial charge is 0.252 e. The molecular weight excluding hydrogens is 1130 g/mol. The molecule has 0 atom stereocenters. The van der Waals surface area contributed by atoms with Crippen molar-refractivity contribution in [1.82, 2.24) is 4.57 Å². The van der Waals surface area contributed by atoms with Gasteiger partial charge < -0.3 is 14.4 Å². The third-order valence-corrected chi connectivity index (χ3v) is 20.4. The number of hydrogen-bond donors (Lipinski definition) is 0. The minimum atomic E-state index is -0.257. The lowest BCUT2D eigenvalue weighted by Crippen LogP contribution is -2.61. The van der Waals surface area contributed by atoms with Crippen LogP contribution < -0.4 is 26.2 Å². The molecule has 1 aromatic heterocycles. The van der Waals surface area contributed by atoms with Gasteiger partial charge in [-0.3, -0.25) is 0 Å². The molecule has 2 aliphatic rings. The third-order valence-electron chi connectivity index (χ3n) is 20.4. The molecule has 15 aromatic rings. The van der Waals surface area contributed by atoms with E-state index in [4.69, 9.17) is 0 Å². The molecule has 0 spiro atoms. The quantitative estimate of drug-likeness (QED) is 0.116. The van der Waals surface area contributed by atoms with Crippen LogP contribution in [0.1, 0.15) is 79.0 Å². The van der Waals surface area contributed by atoms with Gasteiger partial charge in [0.1, 0.15) is 0 Å². The summed E-state index contributed by atoms with van der Waals surface area (Å²) >= 11 is 0. The van der Waals surface area contributed by atoms with Gasteiger partial charge in [0.05, 0.1) is 22.4 Å². The summed E-state index contributed by atoms with van der Waals surface area (Å²) < 4.78 is 2.49. The zero-order chi connectivity index (χ0) is 63.9. The molecule has 3 heterocycles. The van der Waals surface area contributed by atoms with Crippen LogP contribution in [0.3, 0.4) is 0 Å². The summed E-state index contributed by atoms with van der Waals surface area (Å²) in [5.41, 5.74) is 27.3. The Morgan fingerprint density at radius 1 is 0.266 bits per heavy atom. The fourth-order valence-corrected chi connectivity index (χ4v) is 15.6. The van der Waals surface area contributed by atoms with Crippen molar-refractivity contribution in [2.24, 2.45) is 0 Å². The average molecular weight is 1210 g/mol. The molecule has 0 radical (unpaired) electrons. The van der Waals surface area contributed by atoms with Crippen molar-refractivity contribution in [3.63, 3.8) is 0 Å². The van der Waals surface area contributed by atoms with Gasteiger partial charge in [-0.2, -0.15) is 0 Å². The topological polar surface area (TPSA) is 11.4 Å². The van der Waals surface area contributed by atoms with Crippen LogP contribution in [-0.2, 0) is 16.2 Å². The van der Waals surface area contributed by atoms with E-state index in [1.54, 1.807) is 0 Å². The molecule has 17 rings (SSSR count). The molecule has 452 valence electrons. The van der Waals surface area contributed by atoms with Crippen molar-refractivity contribution in [3.8, 4) is 50.2 Å². The molecule has 4 heteroatoms. The monoisotopic (exact) mass is 1210 g/mol. The first-order chi connectivity index (χ1) is 45.5. The Bertz CT molecular complexity index is 5470. The normalized spacial score (nSPS) is 13.1. The fraction of sp³-hybridized carbons (Fsp3) is 0.133. The molecule has 0 saturated heterocycles. The van der Waals surface area contributed by atoms with E-state index in [0.717, 1.165) is 17.1 Å². The lowest BCUT2D eigenvalue weighted by Gasteiger charge is -2.46. The van der Waals surface area contributed by atoms with Gasteiger partial charge in [-0.05, 0) is 188 Å². The van der Waals surface area contributed by atoms with E-state index in [9.17, 15) is 0 Å². The van der Waals surface area contributed by atoms with E-state index in [0.29, 0.717) is 0 Å². The predicted octanol–water partition coefficient (Wildman–Crippen LogP) is 22.9. The van der Waals surface area contributed by atoms with Gasteiger partial charge in [0.15, 0.2) is 0 Å². The second-order valence-electron chi connectivity index (χ2n) is 29.3. The van der Waals surface area contributed by atoms with Crippen LogP contribution in [0.4, 0.5) is 34.1 Å². The molecule has 0 bridgehead atoms. The van der Waals surface area contributed by atoms with Gasteiger partial charge in [-0.1, -0.05) is 275 Å². The summed E-state index contributed by atoms with van der Waals surface area (Å²) in [4.78, 5) is 5.35. The Balaban J connectivity index is 1.00. The van der Waals surface area contributed by atoms with Crippen molar-refractivity contribution in [3.05, 3.63) is 302 Å². The van der Waals surface area contributed by atoms with Crippen LogP contribution in [0.25, 0.3) is 104 Å². The molecule has 14 aromatic carbocycles. The molecule has 0 amide bonds. The lowest BCUT2D eigenvalue weighted by atomic mass is 9.33. The van der Waals surface area contributed by atoms with E-state index < -0.39 is 0 Å². The highest BCUT2D eigenvalue weighted by Crippen LogP contribution is 2.53. The van der Waals surface area contributed by atoms with Gasteiger partial charge in [-0.15, -0.1) is 0 Å². The van der Waals surface area contributed by atoms with Crippen LogP contribution in [-0.4, -0.2) is 11.3 Å². The summed E-state index contributed by atoms with van der Waals surface area (Å²) in [5.74, 6) is 0. The van der Waals surface area contributed by atoms with Crippen LogP contribution in [0, 0.1) is 0 Å². The minimum absolute atomic E-state index is 0.0953. The molecule has 0 unspecified atom stereocenters. The number of nitrogens with zero attached hydrogens (tertiary/aromatic N) is 3. The van der Waals surface area contributed by atoms with Gasteiger partial charge >= 0.3 is 0 Å². The van der Waals surface area contributed by atoms with Gasteiger partial charge in [0, 0.05) is 50.3 Å². The van der Waals surface area contributed by atoms with Gasteiger partial charge in [-0.25, -0.2) is 0 Å². The number of fused-ring (bicyclic) bond motifs is 10. The van der Waals surface area contributed by atoms with Crippen LogP contribution >= 0.6 is 0 Å². The number of hydrogen-bond acceptors (Lipinski definition) is 2. The predicted molar refractivity (Wildman–Crippen MR) is 405 cm³/mol. The Morgan fingerprint density at radius 3 is 1.16 bits per heavy atom. The first-order valence-corrected chi connectivity index (χ1v) is 33.4. The standard InChI is InChI=1S/C90H74BN3/c1-88(2,3)63-43-48-79(73(52-63)58-27-12-10-13-28-58)93-81-51-62(86-71-36-20-18-34-69(71)85(70-35-19-21-37-72(70)86)61-41-40-57-26-16-17-31-60(57)50-61)42-46-75(81)91-76-47-45-66(92-77-38-24-22-32-67(77)68-33-23-25-39-78(68)92)56-82(76)94(84-55-65(90(7,8)9)54-83(93)87(84)91)80-49-44-64(89(4,5)6)53-74(80)59-29-14-11-15-30-59/h10-56H,1-9H3. The first kappa shape index (κ1) is 57.2. The molecule has 3 nitrogen and oxygen atoms in total. The maximum absolute atomic E-state index is 2.68. The van der Waals surface area contributed by atoms with Crippen LogP contribution in [0.2, 0.25) is 0 Å². The second-order valence-corrected chi connectivity index (χ2v) is 29.3. The molecule has 0 fully saturated rings.